The average Bonchev–Trinajstić information content (AvgIpc) is 2.74. The van der Waals surface area contributed by atoms with Gasteiger partial charge in [-0.3, -0.25) is 9.69 Å². The summed E-state index contributed by atoms with van der Waals surface area (Å²) in [4.78, 5) is 24.2. The number of para-hydroxylation sites is 1. The molecule has 1 fully saturated rings. The van der Waals surface area contributed by atoms with E-state index in [1.54, 1.807) is 0 Å². The Kier molecular flexibility index (Phi) is 3.63. The van der Waals surface area contributed by atoms with E-state index in [-0.39, 0.29) is 18.5 Å². The van der Waals surface area contributed by atoms with Crippen molar-refractivity contribution >= 4 is 33.6 Å². The maximum absolute atomic E-state index is 11.7. The summed E-state index contributed by atoms with van der Waals surface area (Å²) in [7, 11) is 0. The van der Waals surface area contributed by atoms with Crippen molar-refractivity contribution in [3.05, 3.63) is 28.7 Å². The second kappa shape index (κ2) is 5.18. The fraction of sp³-hybridized carbons (Fsp3) is 0.273. The number of halogens is 1. The van der Waals surface area contributed by atoms with Crippen LogP contribution in [0.4, 0.5) is 10.5 Å². The minimum atomic E-state index is -0.316. The summed E-state index contributed by atoms with van der Waals surface area (Å²) < 4.78 is 0.888. The van der Waals surface area contributed by atoms with E-state index in [1.165, 1.54) is 4.90 Å². The number of carbonyl (C=O) groups is 2. The first-order valence-electron chi connectivity index (χ1n) is 5.25. The van der Waals surface area contributed by atoms with Crippen molar-refractivity contribution in [2.45, 2.75) is 0 Å². The van der Waals surface area contributed by atoms with Crippen LogP contribution in [0.3, 0.4) is 0 Å². The minimum absolute atomic E-state index is 0.107. The molecular weight excluding hydrogens is 286 g/mol. The van der Waals surface area contributed by atoms with Gasteiger partial charge in [-0.25, -0.2) is 4.79 Å². The lowest BCUT2D eigenvalue weighted by Crippen LogP contribution is -2.38. The average molecular weight is 298 g/mol. The van der Waals surface area contributed by atoms with Crippen LogP contribution >= 0.6 is 15.9 Å². The quantitative estimate of drug-likeness (QED) is 0.887. The number of hydrogen-bond donors (Lipinski definition) is 2. The lowest BCUT2D eigenvalue weighted by atomic mass is 10.3. The number of rotatable bonds is 3. The molecule has 5 nitrogen and oxygen atoms in total. The molecule has 1 aromatic rings. The van der Waals surface area contributed by atoms with Crippen molar-refractivity contribution in [3.8, 4) is 0 Å². The Balaban J connectivity index is 1.92. The molecule has 1 aliphatic heterocycles. The van der Waals surface area contributed by atoms with E-state index in [2.05, 4.69) is 26.6 Å². The highest BCUT2D eigenvalue weighted by Gasteiger charge is 2.25. The maximum Gasteiger partial charge on any atom is 0.324 e. The van der Waals surface area contributed by atoms with Gasteiger partial charge in [0.1, 0.15) is 0 Å². The molecule has 2 N–H and O–H groups in total. The highest BCUT2D eigenvalue weighted by Crippen LogP contribution is 2.20. The summed E-state index contributed by atoms with van der Waals surface area (Å²) in [6.45, 7) is 1.07. The van der Waals surface area contributed by atoms with Gasteiger partial charge in [-0.05, 0) is 28.1 Å². The lowest BCUT2D eigenvalue weighted by Gasteiger charge is -2.13. The molecule has 3 amide bonds. The standard InChI is InChI=1S/C11H12BrN3O2/c12-8-3-1-2-4-9(8)14-7-10(16)15-6-5-13-11(15)17/h1-4,14H,5-7H2,(H,13,17). The zero-order valence-corrected chi connectivity index (χ0v) is 10.7. The molecule has 0 unspecified atom stereocenters. The molecule has 0 spiro atoms. The van der Waals surface area contributed by atoms with Crippen molar-refractivity contribution in [1.29, 1.82) is 0 Å². The Morgan fingerprint density at radius 3 is 2.88 bits per heavy atom. The maximum atomic E-state index is 11.7. The van der Waals surface area contributed by atoms with Crippen LogP contribution in [0.5, 0.6) is 0 Å². The molecule has 1 heterocycles. The molecule has 0 aromatic heterocycles. The van der Waals surface area contributed by atoms with Crippen molar-refractivity contribution < 1.29 is 9.59 Å². The molecule has 1 saturated heterocycles. The monoisotopic (exact) mass is 297 g/mol. The number of imide groups is 1. The topological polar surface area (TPSA) is 61.4 Å². The van der Waals surface area contributed by atoms with Crippen LogP contribution in [0.25, 0.3) is 0 Å². The molecule has 0 atom stereocenters. The Hall–Kier alpha value is -1.56. The summed E-state index contributed by atoms with van der Waals surface area (Å²) in [5.41, 5.74) is 0.834. The van der Waals surface area contributed by atoms with Crippen LogP contribution in [-0.4, -0.2) is 36.5 Å². The first-order chi connectivity index (χ1) is 8.18. The minimum Gasteiger partial charge on any atom is -0.375 e. The van der Waals surface area contributed by atoms with E-state index >= 15 is 0 Å². The van der Waals surface area contributed by atoms with Gasteiger partial charge in [0, 0.05) is 23.2 Å². The first-order valence-corrected chi connectivity index (χ1v) is 6.04. The highest BCUT2D eigenvalue weighted by molar-refractivity contribution is 9.10. The largest absolute Gasteiger partial charge is 0.375 e. The van der Waals surface area contributed by atoms with E-state index in [0.717, 1.165) is 10.2 Å². The van der Waals surface area contributed by atoms with Gasteiger partial charge in [-0.2, -0.15) is 0 Å². The Morgan fingerprint density at radius 2 is 2.24 bits per heavy atom. The van der Waals surface area contributed by atoms with Crippen LogP contribution in [0.15, 0.2) is 28.7 Å². The van der Waals surface area contributed by atoms with Gasteiger partial charge in [0.2, 0.25) is 5.91 Å². The number of carbonyl (C=O) groups excluding carboxylic acids is 2. The van der Waals surface area contributed by atoms with Crippen molar-refractivity contribution in [2.75, 3.05) is 25.0 Å². The number of benzene rings is 1. The van der Waals surface area contributed by atoms with Crippen molar-refractivity contribution in [3.63, 3.8) is 0 Å². The van der Waals surface area contributed by atoms with Gasteiger partial charge in [-0.1, -0.05) is 12.1 Å². The SMILES string of the molecule is O=C(CNc1ccccc1Br)N1CCNC1=O. The van der Waals surface area contributed by atoms with Gasteiger partial charge in [0.25, 0.3) is 0 Å². The normalized spacial score (nSPS) is 14.6. The van der Waals surface area contributed by atoms with Crippen LogP contribution in [0.1, 0.15) is 0 Å². The van der Waals surface area contributed by atoms with E-state index < -0.39 is 0 Å². The second-order valence-corrected chi connectivity index (χ2v) is 4.47. The van der Waals surface area contributed by atoms with Gasteiger partial charge in [0.15, 0.2) is 0 Å². The van der Waals surface area contributed by atoms with Crippen LogP contribution in [-0.2, 0) is 4.79 Å². The fourth-order valence-corrected chi connectivity index (χ4v) is 2.01. The lowest BCUT2D eigenvalue weighted by molar-refractivity contribution is -0.125. The number of urea groups is 1. The Bertz CT molecular complexity index is 450. The molecular formula is C11H12BrN3O2. The van der Waals surface area contributed by atoms with E-state index in [0.29, 0.717) is 13.1 Å². The third-order valence-electron chi connectivity index (χ3n) is 2.46. The zero-order valence-electron chi connectivity index (χ0n) is 9.07. The van der Waals surface area contributed by atoms with Crippen LogP contribution in [0.2, 0.25) is 0 Å². The fourth-order valence-electron chi connectivity index (χ4n) is 1.58. The van der Waals surface area contributed by atoms with Crippen molar-refractivity contribution in [2.24, 2.45) is 0 Å². The second-order valence-electron chi connectivity index (χ2n) is 3.61. The number of amides is 3. The summed E-state index contributed by atoms with van der Waals surface area (Å²) >= 11 is 3.38. The predicted molar refractivity (Wildman–Crippen MR) is 67.7 cm³/mol. The summed E-state index contributed by atoms with van der Waals surface area (Å²) in [5.74, 6) is -0.226. The molecule has 2 rings (SSSR count). The summed E-state index contributed by atoms with van der Waals surface area (Å²) in [6, 6.07) is 7.20. The molecule has 1 aromatic carbocycles. The summed E-state index contributed by atoms with van der Waals surface area (Å²) in [5, 5.41) is 5.58. The molecule has 1 aliphatic rings. The highest BCUT2D eigenvalue weighted by atomic mass is 79.9. The van der Waals surface area contributed by atoms with Gasteiger partial charge in [0.05, 0.1) is 6.54 Å². The van der Waals surface area contributed by atoms with Crippen molar-refractivity contribution in [1.82, 2.24) is 10.2 Å². The first kappa shape index (κ1) is 11.9. The number of nitrogens with one attached hydrogen (secondary N) is 2. The van der Waals surface area contributed by atoms with Gasteiger partial charge < -0.3 is 10.6 Å². The summed E-state index contributed by atoms with van der Waals surface area (Å²) in [6.07, 6.45) is 0. The van der Waals surface area contributed by atoms with Gasteiger partial charge >= 0.3 is 6.03 Å². The zero-order chi connectivity index (χ0) is 12.3. The number of hydrogen-bond acceptors (Lipinski definition) is 3. The predicted octanol–water partition coefficient (Wildman–Crippen LogP) is 1.41. The van der Waals surface area contributed by atoms with E-state index in [9.17, 15) is 9.59 Å². The Morgan fingerprint density at radius 1 is 1.47 bits per heavy atom. The van der Waals surface area contributed by atoms with E-state index in [4.69, 9.17) is 0 Å². The molecule has 90 valence electrons. The molecule has 6 heteroatoms. The molecule has 17 heavy (non-hydrogen) atoms. The molecule has 0 saturated carbocycles. The third-order valence-corrected chi connectivity index (χ3v) is 3.15. The molecule has 0 aliphatic carbocycles. The smallest absolute Gasteiger partial charge is 0.324 e. The van der Waals surface area contributed by atoms with E-state index in [1.807, 2.05) is 24.3 Å². The molecule has 0 bridgehead atoms. The van der Waals surface area contributed by atoms with Crippen LogP contribution < -0.4 is 10.6 Å². The number of nitrogens with zero attached hydrogens (tertiary/aromatic N) is 1. The van der Waals surface area contributed by atoms with Gasteiger partial charge in [-0.15, -0.1) is 0 Å². The third kappa shape index (κ3) is 2.76. The Labute approximate surface area is 107 Å². The molecule has 0 radical (unpaired) electrons. The van der Waals surface area contributed by atoms with Crippen LogP contribution in [0, 0.1) is 0 Å². The number of anilines is 1.